The number of hydrogen-bond acceptors (Lipinski definition) is 7. The summed E-state index contributed by atoms with van der Waals surface area (Å²) in [4.78, 5) is 56.3. The van der Waals surface area contributed by atoms with Gasteiger partial charge in [-0.3, -0.25) is 24.0 Å². The molecule has 0 aromatic heterocycles. The number of amides is 3. The van der Waals surface area contributed by atoms with E-state index in [0.717, 1.165) is 0 Å². The lowest BCUT2D eigenvalue weighted by Crippen LogP contribution is -2.55. The van der Waals surface area contributed by atoms with Crippen molar-refractivity contribution in [1.82, 2.24) is 16.0 Å². The molecule has 0 aromatic rings. The molecule has 3 amide bonds. The molecule has 0 radical (unpaired) electrons. The first-order valence-corrected chi connectivity index (χ1v) is 7.46. The van der Waals surface area contributed by atoms with Crippen molar-refractivity contribution < 1.29 is 34.2 Å². The van der Waals surface area contributed by atoms with Gasteiger partial charge in [0.05, 0.1) is 6.54 Å². The maximum Gasteiger partial charge on any atom is 0.322 e. The van der Waals surface area contributed by atoms with Crippen LogP contribution in [0.5, 0.6) is 0 Å². The van der Waals surface area contributed by atoms with Crippen LogP contribution in [-0.2, 0) is 24.0 Å². The zero-order valence-electron chi connectivity index (χ0n) is 12.7. The number of rotatable bonds is 11. The Labute approximate surface area is 142 Å². The summed E-state index contributed by atoms with van der Waals surface area (Å²) in [7, 11) is 0. The Morgan fingerprint density at radius 2 is 1.58 bits per heavy atom. The van der Waals surface area contributed by atoms with Crippen LogP contribution < -0.4 is 21.7 Å². The molecule has 12 heteroatoms. The zero-order chi connectivity index (χ0) is 18.7. The van der Waals surface area contributed by atoms with Crippen LogP contribution in [0.25, 0.3) is 0 Å². The summed E-state index contributed by atoms with van der Waals surface area (Å²) >= 11 is 3.91. The van der Waals surface area contributed by atoms with Gasteiger partial charge in [0.15, 0.2) is 0 Å². The number of thiol groups is 1. The summed E-state index contributed by atoms with van der Waals surface area (Å²) in [6.45, 7) is -1.03. The van der Waals surface area contributed by atoms with E-state index < -0.39 is 54.7 Å². The number of carbonyl (C=O) groups excluding carboxylic acids is 3. The van der Waals surface area contributed by atoms with Crippen LogP contribution in [0.1, 0.15) is 12.8 Å². The largest absolute Gasteiger partial charge is 0.481 e. The van der Waals surface area contributed by atoms with Gasteiger partial charge in [-0.15, -0.1) is 0 Å². The van der Waals surface area contributed by atoms with Gasteiger partial charge in [-0.05, 0) is 6.42 Å². The van der Waals surface area contributed by atoms with Crippen molar-refractivity contribution in [3.05, 3.63) is 0 Å². The van der Waals surface area contributed by atoms with Crippen LogP contribution in [0, 0.1) is 0 Å². The molecule has 136 valence electrons. The molecule has 0 aliphatic carbocycles. The smallest absolute Gasteiger partial charge is 0.322 e. The van der Waals surface area contributed by atoms with Crippen LogP contribution in [0.15, 0.2) is 0 Å². The summed E-state index contributed by atoms with van der Waals surface area (Å²) < 4.78 is 0. The van der Waals surface area contributed by atoms with Crippen LogP contribution >= 0.6 is 12.6 Å². The van der Waals surface area contributed by atoms with E-state index in [0.29, 0.717) is 0 Å². The summed E-state index contributed by atoms with van der Waals surface area (Å²) in [5.74, 6) is -4.80. The van der Waals surface area contributed by atoms with E-state index in [2.05, 4.69) is 23.3 Å². The second-order valence-corrected chi connectivity index (χ2v) is 4.98. The van der Waals surface area contributed by atoms with E-state index >= 15 is 0 Å². The molecule has 0 aliphatic rings. The minimum atomic E-state index is -1.30. The first-order valence-electron chi connectivity index (χ1n) is 6.83. The fraction of sp³-hybridized carbons (Fsp3) is 0.583. The molecule has 0 aromatic carbocycles. The number of nitrogens with two attached hydrogens (primary N) is 1. The Hall–Kier alpha value is -2.34. The normalized spacial score (nSPS) is 12.6. The van der Waals surface area contributed by atoms with Gasteiger partial charge in [-0.1, -0.05) is 0 Å². The van der Waals surface area contributed by atoms with Crippen molar-refractivity contribution in [2.75, 3.05) is 18.8 Å². The minimum absolute atomic E-state index is 0.0834. The second kappa shape index (κ2) is 11.2. The van der Waals surface area contributed by atoms with Crippen LogP contribution in [0.4, 0.5) is 0 Å². The Bertz CT molecular complexity index is 500. The number of nitrogens with one attached hydrogen (secondary N) is 3. The third kappa shape index (κ3) is 8.95. The third-order valence-electron chi connectivity index (χ3n) is 2.71. The lowest BCUT2D eigenvalue weighted by Gasteiger charge is -2.21. The molecule has 2 atom stereocenters. The van der Waals surface area contributed by atoms with Crippen LogP contribution in [0.3, 0.4) is 0 Å². The van der Waals surface area contributed by atoms with Crippen molar-refractivity contribution in [3.63, 3.8) is 0 Å². The van der Waals surface area contributed by atoms with Crippen LogP contribution in [-0.4, -0.2) is 70.8 Å². The van der Waals surface area contributed by atoms with E-state index in [1.165, 1.54) is 0 Å². The number of carboxylic acids is 2. The lowest BCUT2D eigenvalue weighted by molar-refractivity contribution is -0.140. The molecule has 0 saturated carbocycles. The summed E-state index contributed by atoms with van der Waals surface area (Å²) in [5.41, 5.74) is 5.12. The van der Waals surface area contributed by atoms with Crippen molar-refractivity contribution >= 4 is 42.3 Å². The van der Waals surface area contributed by atoms with Gasteiger partial charge in [-0.25, -0.2) is 0 Å². The monoisotopic (exact) mass is 364 g/mol. The molecule has 0 fully saturated rings. The Morgan fingerprint density at radius 1 is 0.958 bits per heavy atom. The number of aliphatic carboxylic acids is 2. The molecule has 0 rings (SSSR count). The highest BCUT2D eigenvalue weighted by Crippen LogP contribution is 2.00. The maximum absolute atomic E-state index is 12.1. The van der Waals surface area contributed by atoms with Gasteiger partial charge >= 0.3 is 11.9 Å². The number of hydrogen-bond donors (Lipinski definition) is 7. The number of carboxylic acid groups (broad SMARTS) is 2. The average Bonchev–Trinajstić information content (AvgIpc) is 2.53. The highest BCUT2D eigenvalue weighted by molar-refractivity contribution is 7.80. The van der Waals surface area contributed by atoms with E-state index in [9.17, 15) is 24.0 Å². The van der Waals surface area contributed by atoms with Gasteiger partial charge in [0, 0.05) is 12.2 Å². The summed E-state index contributed by atoms with van der Waals surface area (Å²) in [5, 5.41) is 23.8. The first kappa shape index (κ1) is 21.7. The van der Waals surface area contributed by atoms with E-state index in [1.807, 2.05) is 5.32 Å². The van der Waals surface area contributed by atoms with Crippen molar-refractivity contribution in [3.8, 4) is 0 Å². The van der Waals surface area contributed by atoms with E-state index in [1.54, 1.807) is 0 Å². The predicted octanol–water partition coefficient (Wildman–Crippen LogP) is -3.09. The Kier molecular flexibility index (Phi) is 10.1. The SMILES string of the molecule is NCC(=O)NC(CS)C(=O)NC(CCC(=O)O)C(=O)NCC(=O)O. The molecule has 0 aliphatic heterocycles. The molecule has 0 bridgehead atoms. The molecular formula is C12H20N4O7S. The van der Waals surface area contributed by atoms with E-state index in [-0.39, 0.29) is 18.7 Å². The predicted molar refractivity (Wildman–Crippen MR) is 84.3 cm³/mol. The van der Waals surface area contributed by atoms with E-state index in [4.69, 9.17) is 15.9 Å². The maximum atomic E-state index is 12.1. The highest BCUT2D eigenvalue weighted by atomic mass is 32.1. The van der Waals surface area contributed by atoms with Gasteiger partial charge in [0.2, 0.25) is 17.7 Å². The Balaban J connectivity index is 4.90. The Morgan fingerprint density at radius 3 is 2.04 bits per heavy atom. The number of carbonyl (C=O) groups is 5. The molecule has 2 unspecified atom stereocenters. The zero-order valence-corrected chi connectivity index (χ0v) is 13.5. The third-order valence-corrected chi connectivity index (χ3v) is 3.08. The quantitative estimate of drug-likeness (QED) is 0.188. The van der Waals surface area contributed by atoms with Crippen molar-refractivity contribution in [1.29, 1.82) is 0 Å². The molecule has 11 nitrogen and oxygen atoms in total. The molecule has 7 N–H and O–H groups in total. The van der Waals surface area contributed by atoms with Crippen molar-refractivity contribution in [2.45, 2.75) is 24.9 Å². The van der Waals surface area contributed by atoms with Gasteiger partial charge in [-0.2, -0.15) is 12.6 Å². The lowest BCUT2D eigenvalue weighted by atomic mass is 10.1. The van der Waals surface area contributed by atoms with Crippen molar-refractivity contribution in [2.24, 2.45) is 5.73 Å². The molecule has 24 heavy (non-hydrogen) atoms. The first-order chi connectivity index (χ1) is 11.2. The molecule has 0 saturated heterocycles. The highest BCUT2D eigenvalue weighted by Gasteiger charge is 2.26. The fourth-order valence-electron chi connectivity index (χ4n) is 1.54. The second-order valence-electron chi connectivity index (χ2n) is 4.61. The molecule has 0 heterocycles. The van der Waals surface area contributed by atoms with Crippen LogP contribution in [0.2, 0.25) is 0 Å². The molecular weight excluding hydrogens is 344 g/mol. The van der Waals surface area contributed by atoms with Gasteiger partial charge < -0.3 is 31.9 Å². The summed E-state index contributed by atoms with van der Waals surface area (Å²) in [6, 6.07) is -2.35. The topological polar surface area (TPSA) is 188 Å². The van der Waals surface area contributed by atoms with Gasteiger partial charge in [0.1, 0.15) is 18.6 Å². The minimum Gasteiger partial charge on any atom is -0.481 e. The average molecular weight is 364 g/mol. The standard InChI is InChI=1S/C12H20N4O7S/c13-3-8(17)15-7(5-24)12(23)16-6(1-2-9(18)19)11(22)14-4-10(20)21/h6-7,24H,1-5,13H2,(H,14,22)(H,15,17)(H,16,23)(H,18,19)(H,20,21). The van der Waals surface area contributed by atoms with Gasteiger partial charge in [0.25, 0.3) is 0 Å². The molecule has 0 spiro atoms. The summed E-state index contributed by atoms with van der Waals surface area (Å²) in [6.07, 6.45) is -0.678. The fourth-order valence-corrected chi connectivity index (χ4v) is 1.80.